The Balaban J connectivity index is 2.89. The zero-order valence-electron chi connectivity index (χ0n) is 10.8. The molecule has 106 valence electrons. The number of anilines is 2. The minimum Gasteiger partial charge on any atom is -0.398 e. The first-order chi connectivity index (χ1) is 8.75. The average Bonchev–Trinajstić information content (AvgIpc) is 2.30. The molecule has 0 aliphatic rings. The fraction of sp³-hybridized carbons (Fsp3) is 0.462. The van der Waals surface area contributed by atoms with Crippen molar-refractivity contribution < 1.29 is 18.0 Å². The van der Waals surface area contributed by atoms with Gasteiger partial charge in [0.1, 0.15) is 0 Å². The lowest BCUT2D eigenvalue weighted by Gasteiger charge is -2.14. The second-order valence-electron chi connectivity index (χ2n) is 4.48. The van der Waals surface area contributed by atoms with Crippen LogP contribution < -0.4 is 11.1 Å². The second-order valence-corrected chi connectivity index (χ2v) is 4.48. The molecule has 1 rings (SSSR count). The summed E-state index contributed by atoms with van der Waals surface area (Å²) in [7, 11) is 0. The number of hydrogen-bond acceptors (Lipinski definition) is 2. The van der Waals surface area contributed by atoms with E-state index < -0.39 is 11.7 Å². The van der Waals surface area contributed by atoms with Gasteiger partial charge in [0.15, 0.2) is 0 Å². The maximum absolute atomic E-state index is 12.7. The Bertz CT molecular complexity index is 458. The molecule has 1 aromatic rings. The molecule has 0 aliphatic heterocycles. The molecule has 6 heteroatoms. The largest absolute Gasteiger partial charge is 0.418 e. The summed E-state index contributed by atoms with van der Waals surface area (Å²) in [5.74, 6) is -0.531. The molecule has 0 saturated heterocycles. The molecule has 3 N–H and O–H groups in total. The quantitative estimate of drug-likeness (QED) is 0.823. The fourth-order valence-corrected chi connectivity index (χ4v) is 1.71. The number of benzene rings is 1. The molecular weight excluding hydrogens is 257 g/mol. The molecule has 1 amide bonds. The van der Waals surface area contributed by atoms with E-state index in [2.05, 4.69) is 5.32 Å². The molecule has 0 heterocycles. The lowest BCUT2D eigenvalue weighted by atomic mass is 10.1. The minimum absolute atomic E-state index is 0.106. The van der Waals surface area contributed by atoms with E-state index in [0.717, 1.165) is 18.6 Å². The highest BCUT2D eigenvalue weighted by atomic mass is 19.4. The molecule has 0 aromatic heterocycles. The van der Waals surface area contributed by atoms with Gasteiger partial charge in [-0.05, 0) is 24.6 Å². The topological polar surface area (TPSA) is 55.1 Å². The summed E-state index contributed by atoms with van der Waals surface area (Å²) in [5, 5.41) is 2.47. The smallest absolute Gasteiger partial charge is 0.398 e. The number of carbonyl (C=O) groups is 1. The lowest BCUT2D eigenvalue weighted by molar-refractivity contribution is -0.137. The maximum atomic E-state index is 12.7. The van der Waals surface area contributed by atoms with Crippen LogP contribution in [0.15, 0.2) is 18.2 Å². The number of halogens is 3. The normalized spacial score (nSPS) is 13.1. The Kier molecular flexibility index (Phi) is 4.80. The van der Waals surface area contributed by atoms with Crippen LogP contribution in [-0.4, -0.2) is 5.91 Å². The van der Waals surface area contributed by atoms with Crippen molar-refractivity contribution in [1.29, 1.82) is 0 Å². The predicted octanol–water partition coefficient (Wildman–Crippen LogP) is 3.66. The van der Waals surface area contributed by atoms with Gasteiger partial charge >= 0.3 is 6.18 Å². The summed E-state index contributed by atoms with van der Waals surface area (Å²) in [5.41, 5.74) is 4.10. The van der Waals surface area contributed by atoms with Crippen LogP contribution in [0.4, 0.5) is 24.5 Å². The number of rotatable bonds is 4. The Morgan fingerprint density at radius 2 is 2.05 bits per heavy atom. The number of nitrogens with one attached hydrogen (secondary N) is 1. The van der Waals surface area contributed by atoms with Crippen molar-refractivity contribution in [3.05, 3.63) is 23.8 Å². The second kappa shape index (κ2) is 5.95. The van der Waals surface area contributed by atoms with E-state index in [1.807, 2.05) is 6.92 Å². The highest BCUT2D eigenvalue weighted by Crippen LogP contribution is 2.35. The van der Waals surface area contributed by atoms with Crippen molar-refractivity contribution in [2.24, 2.45) is 5.92 Å². The van der Waals surface area contributed by atoms with Gasteiger partial charge in [-0.15, -0.1) is 0 Å². The first-order valence-corrected chi connectivity index (χ1v) is 6.03. The molecule has 1 atom stereocenters. The van der Waals surface area contributed by atoms with Gasteiger partial charge in [-0.2, -0.15) is 13.2 Å². The summed E-state index contributed by atoms with van der Waals surface area (Å²) in [4.78, 5) is 11.7. The van der Waals surface area contributed by atoms with Crippen LogP contribution in [0.3, 0.4) is 0 Å². The molecule has 1 unspecified atom stereocenters. The summed E-state index contributed by atoms with van der Waals surface area (Å²) in [6, 6.07) is 3.36. The predicted molar refractivity (Wildman–Crippen MR) is 68.6 cm³/mol. The van der Waals surface area contributed by atoms with Crippen LogP contribution in [0, 0.1) is 5.92 Å². The summed E-state index contributed by atoms with van der Waals surface area (Å²) in [6.07, 6.45) is -3.00. The van der Waals surface area contributed by atoms with E-state index in [0.29, 0.717) is 6.42 Å². The van der Waals surface area contributed by atoms with Gasteiger partial charge in [0.05, 0.1) is 5.56 Å². The van der Waals surface area contributed by atoms with E-state index in [9.17, 15) is 18.0 Å². The monoisotopic (exact) mass is 274 g/mol. The van der Waals surface area contributed by atoms with Gasteiger partial charge in [0, 0.05) is 17.3 Å². The Morgan fingerprint density at radius 1 is 1.42 bits per heavy atom. The number of amides is 1. The fourth-order valence-electron chi connectivity index (χ4n) is 1.71. The molecule has 0 aliphatic carbocycles. The Morgan fingerprint density at radius 3 is 2.58 bits per heavy atom. The molecule has 3 nitrogen and oxygen atoms in total. The standard InChI is InChI=1S/C13H17F3N2O/c1-3-4-8(2)12(19)18-9-5-6-11(17)10(7-9)13(14,15)16/h5-8H,3-4,17H2,1-2H3,(H,18,19). The number of nitrogen functional groups attached to an aromatic ring is 1. The molecule has 0 saturated carbocycles. The number of nitrogens with two attached hydrogens (primary N) is 1. The van der Waals surface area contributed by atoms with Crippen LogP contribution >= 0.6 is 0 Å². The highest BCUT2D eigenvalue weighted by molar-refractivity contribution is 5.92. The van der Waals surface area contributed by atoms with Crippen molar-refractivity contribution in [2.45, 2.75) is 32.9 Å². The van der Waals surface area contributed by atoms with E-state index >= 15 is 0 Å². The van der Waals surface area contributed by atoms with Crippen molar-refractivity contribution in [3.63, 3.8) is 0 Å². The third-order valence-corrected chi connectivity index (χ3v) is 2.80. The maximum Gasteiger partial charge on any atom is 0.418 e. The molecule has 0 spiro atoms. The molecular formula is C13H17F3N2O. The van der Waals surface area contributed by atoms with Crippen LogP contribution in [0.1, 0.15) is 32.3 Å². The lowest BCUT2D eigenvalue weighted by Crippen LogP contribution is -2.20. The summed E-state index contributed by atoms with van der Waals surface area (Å²) >= 11 is 0. The molecule has 0 fully saturated rings. The van der Waals surface area contributed by atoms with Crippen LogP contribution in [0.25, 0.3) is 0 Å². The van der Waals surface area contributed by atoms with Crippen molar-refractivity contribution in [3.8, 4) is 0 Å². The van der Waals surface area contributed by atoms with Crippen LogP contribution in [-0.2, 0) is 11.0 Å². The first kappa shape index (κ1) is 15.3. The zero-order valence-corrected chi connectivity index (χ0v) is 10.8. The third-order valence-electron chi connectivity index (χ3n) is 2.80. The van der Waals surface area contributed by atoms with Crippen LogP contribution in [0.2, 0.25) is 0 Å². The van der Waals surface area contributed by atoms with E-state index in [-0.39, 0.29) is 23.2 Å². The number of alkyl halides is 3. The van der Waals surface area contributed by atoms with Gasteiger partial charge in [-0.3, -0.25) is 4.79 Å². The number of hydrogen-bond donors (Lipinski definition) is 2. The SMILES string of the molecule is CCCC(C)C(=O)Nc1ccc(N)c(C(F)(F)F)c1. The van der Waals surface area contributed by atoms with E-state index in [1.54, 1.807) is 6.92 Å². The zero-order chi connectivity index (χ0) is 14.6. The molecule has 19 heavy (non-hydrogen) atoms. The minimum atomic E-state index is -4.53. The van der Waals surface area contributed by atoms with Gasteiger partial charge in [0.25, 0.3) is 0 Å². The van der Waals surface area contributed by atoms with Crippen LogP contribution in [0.5, 0.6) is 0 Å². The molecule has 0 bridgehead atoms. The van der Waals surface area contributed by atoms with Gasteiger partial charge in [-0.1, -0.05) is 20.3 Å². The Labute approximate surface area is 110 Å². The van der Waals surface area contributed by atoms with E-state index in [1.165, 1.54) is 6.07 Å². The van der Waals surface area contributed by atoms with E-state index in [4.69, 9.17) is 5.73 Å². The number of carbonyl (C=O) groups excluding carboxylic acids is 1. The average molecular weight is 274 g/mol. The van der Waals surface area contributed by atoms with Crippen molar-refractivity contribution in [1.82, 2.24) is 0 Å². The van der Waals surface area contributed by atoms with Gasteiger partial charge < -0.3 is 11.1 Å². The molecule has 0 radical (unpaired) electrons. The van der Waals surface area contributed by atoms with Gasteiger partial charge in [0.2, 0.25) is 5.91 Å². The highest BCUT2D eigenvalue weighted by Gasteiger charge is 2.33. The van der Waals surface area contributed by atoms with Crippen molar-refractivity contribution in [2.75, 3.05) is 11.1 Å². The summed E-state index contributed by atoms with van der Waals surface area (Å²) in [6.45, 7) is 3.68. The first-order valence-electron chi connectivity index (χ1n) is 6.03. The molecule has 1 aromatic carbocycles. The van der Waals surface area contributed by atoms with Gasteiger partial charge in [-0.25, -0.2) is 0 Å². The summed E-state index contributed by atoms with van der Waals surface area (Å²) < 4.78 is 38.0. The third kappa shape index (κ3) is 4.15. The van der Waals surface area contributed by atoms with Crippen molar-refractivity contribution >= 4 is 17.3 Å². The Hall–Kier alpha value is -1.72.